The molecule has 0 aliphatic rings. The molecule has 0 bridgehead atoms. The van der Waals surface area contributed by atoms with Gasteiger partial charge in [-0.1, -0.05) is 0 Å². The first-order valence-corrected chi connectivity index (χ1v) is 5.51. The normalized spacial score (nSPS) is 10.2. The van der Waals surface area contributed by atoms with Crippen molar-refractivity contribution in [3.05, 3.63) is 35.7 Å². The Labute approximate surface area is 105 Å². The summed E-state index contributed by atoms with van der Waals surface area (Å²) in [6.45, 7) is 4.25. The zero-order chi connectivity index (χ0) is 13.0. The van der Waals surface area contributed by atoms with Crippen LogP contribution in [0.25, 0.3) is 0 Å². The summed E-state index contributed by atoms with van der Waals surface area (Å²) in [6, 6.07) is 1.73. The minimum atomic E-state index is 0.549. The number of hydrogen-bond acceptors (Lipinski definition) is 7. The van der Waals surface area contributed by atoms with E-state index in [-0.39, 0.29) is 0 Å². The molecule has 94 valence electrons. The monoisotopic (exact) mass is 245 g/mol. The smallest absolute Gasteiger partial charge is 0.145 e. The summed E-state index contributed by atoms with van der Waals surface area (Å²) in [5, 5.41) is 3.15. The molecule has 2 aromatic heterocycles. The second-order valence-corrected chi connectivity index (χ2v) is 3.83. The topological polar surface area (TPSA) is 102 Å². The summed E-state index contributed by atoms with van der Waals surface area (Å²) in [5.41, 5.74) is 4.24. The van der Waals surface area contributed by atoms with Gasteiger partial charge in [0.25, 0.3) is 0 Å². The molecule has 4 N–H and O–H groups in total. The molecule has 0 fully saturated rings. The summed E-state index contributed by atoms with van der Waals surface area (Å²) < 4.78 is 0. The SMILES string of the molecule is Cc1cnc(CNc2cc(NN)nc(C)n2)cn1. The summed E-state index contributed by atoms with van der Waals surface area (Å²) in [4.78, 5) is 16.8. The van der Waals surface area contributed by atoms with Gasteiger partial charge in [-0.15, -0.1) is 0 Å². The van der Waals surface area contributed by atoms with Gasteiger partial charge in [0.15, 0.2) is 0 Å². The Morgan fingerprint density at radius 2 is 1.89 bits per heavy atom. The third kappa shape index (κ3) is 3.11. The van der Waals surface area contributed by atoms with Crippen LogP contribution in [0.3, 0.4) is 0 Å². The highest BCUT2D eigenvalue weighted by Gasteiger charge is 2.01. The fourth-order valence-corrected chi connectivity index (χ4v) is 1.42. The lowest BCUT2D eigenvalue weighted by atomic mass is 10.4. The maximum absolute atomic E-state index is 5.32. The van der Waals surface area contributed by atoms with E-state index in [1.165, 1.54) is 0 Å². The molecular weight excluding hydrogens is 230 g/mol. The summed E-state index contributed by atoms with van der Waals surface area (Å²) in [7, 11) is 0. The van der Waals surface area contributed by atoms with E-state index >= 15 is 0 Å². The molecule has 0 radical (unpaired) electrons. The van der Waals surface area contributed by atoms with Crippen molar-refractivity contribution in [3.8, 4) is 0 Å². The van der Waals surface area contributed by atoms with E-state index in [0.717, 1.165) is 11.4 Å². The van der Waals surface area contributed by atoms with Gasteiger partial charge < -0.3 is 10.7 Å². The van der Waals surface area contributed by atoms with E-state index in [9.17, 15) is 0 Å². The van der Waals surface area contributed by atoms with E-state index in [2.05, 4.69) is 30.7 Å². The second kappa shape index (κ2) is 5.37. The molecule has 2 heterocycles. The zero-order valence-electron chi connectivity index (χ0n) is 10.3. The number of hydrogen-bond donors (Lipinski definition) is 3. The number of nitrogens with two attached hydrogens (primary N) is 1. The number of anilines is 2. The fourth-order valence-electron chi connectivity index (χ4n) is 1.42. The summed E-state index contributed by atoms with van der Waals surface area (Å²) in [5.74, 6) is 7.22. The van der Waals surface area contributed by atoms with Crippen LogP contribution in [0.4, 0.5) is 11.6 Å². The molecule has 0 unspecified atom stereocenters. The van der Waals surface area contributed by atoms with E-state index in [0.29, 0.717) is 24.0 Å². The molecule has 0 spiro atoms. The van der Waals surface area contributed by atoms with Gasteiger partial charge in [-0.25, -0.2) is 15.8 Å². The van der Waals surface area contributed by atoms with Gasteiger partial charge >= 0.3 is 0 Å². The van der Waals surface area contributed by atoms with Gasteiger partial charge in [-0.3, -0.25) is 9.97 Å². The molecular formula is C11H15N7. The first-order chi connectivity index (χ1) is 8.67. The van der Waals surface area contributed by atoms with Crippen LogP contribution in [0.2, 0.25) is 0 Å². The highest BCUT2D eigenvalue weighted by Crippen LogP contribution is 2.10. The average Bonchev–Trinajstić information content (AvgIpc) is 2.37. The Hall–Kier alpha value is -2.28. The van der Waals surface area contributed by atoms with E-state index in [1.54, 1.807) is 25.4 Å². The van der Waals surface area contributed by atoms with Gasteiger partial charge in [-0.2, -0.15) is 0 Å². The van der Waals surface area contributed by atoms with Gasteiger partial charge in [0, 0.05) is 12.3 Å². The standard InChI is InChI=1S/C11H15N7/c1-7-4-14-9(5-13-7)6-15-10-3-11(18-12)17-8(2)16-10/h3-5H,6,12H2,1-2H3,(H2,15,16,17,18). The van der Waals surface area contributed by atoms with E-state index < -0.39 is 0 Å². The molecule has 0 saturated heterocycles. The van der Waals surface area contributed by atoms with Crippen molar-refractivity contribution >= 4 is 11.6 Å². The van der Waals surface area contributed by atoms with Crippen LogP contribution in [0.15, 0.2) is 18.5 Å². The lowest BCUT2D eigenvalue weighted by Gasteiger charge is -2.07. The molecule has 0 aromatic carbocycles. The molecule has 2 rings (SSSR count). The molecule has 0 aliphatic carbocycles. The maximum Gasteiger partial charge on any atom is 0.145 e. The number of aromatic nitrogens is 4. The lowest BCUT2D eigenvalue weighted by Crippen LogP contribution is -2.11. The van der Waals surface area contributed by atoms with Crippen LogP contribution in [0, 0.1) is 13.8 Å². The van der Waals surface area contributed by atoms with Crippen molar-refractivity contribution in [2.24, 2.45) is 5.84 Å². The van der Waals surface area contributed by atoms with Crippen molar-refractivity contribution in [2.45, 2.75) is 20.4 Å². The van der Waals surface area contributed by atoms with Crippen molar-refractivity contribution in [2.75, 3.05) is 10.7 Å². The predicted octanol–water partition coefficient (Wildman–Crippen LogP) is 0.781. The Balaban J connectivity index is 2.05. The lowest BCUT2D eigenvalue weighted by molar-refractivity contribution is 0.962. The number of aryl methyl sites for hydroxylation is 2. The van der Waals surface area contributed by atoms with Crippen LogP contribution in [-0.4, -0.2) is 19.9 Å². The fraction of sp³-hybridized carbons (Fsp3) is 0.273. The van der Waals surface area contributed by atoms with Gasteiger partial charge in [0.1, 0.15) is 17.5 Å². The van der Waals surface area contributed by atoms with Crippen LogP contribution in [0.1, 0.15) is 17.2 Å². The largest absolute Gasteiger partial charge is 0.364 e. The van der Waals surface area contributed by atoms with Gasteiger partial charge in [0.05, 0.1) is 24.1 Å². The Bertz CT molecular complexity index is 523. The molecule has 0 atom stereocenters. The number of nitrogen functional groups attached to an aromatic ring is 1. The summed E-state index contributed by atoms with van der Waals surface area (Å²) >= 11 is 0. The molecule has 0 saturated carbocycles. The molecule has 0 aliphatic heterocycles. The molecule has 2 aromatic rings. The third-order valence-corrected chi connectivity index (χ3v) is 2.27. The summed E-state index contributed by atoms with van der Waals surface area (Å²) in [6.07, 6.45) is 3.47. The molecule has 0 amide bonds. The van der Waals surface area contributed by atoms with Crippen LogP contribution >= 0.6 is 0 Å². The third-order valence-electron chi connectivity index (χ3n) is 2.27. The highest BCUT2D eigenvalue weighted by atomic mass is 15.3. The maximum atomic E-state index is 5.32. The van der Waals surface area contributed by atoms with E-state index in [4.69, 9.17) is 5.84 Å². The Morgan fingerprint density at radius 1 is 1.11 bits per heavy atom. The van der Waals surface area contributed by atoms with Crippen LogP contribution in [0.5, 0.6) is 0 Å². The Morgan fingerprint density at radius 3 is 2.56 bits per heavy atom. The van der Waals surface area contributed by atoms with Gasteiger partial charge in [-0.05, 0) is 13.8 Å². The number of nitrogens with zero attached hydrogens (tertiary/aromatic N) is 4. The van der Waals surface area contributed by atoms with Crippen molar-refractivity contribution in [3.63, 3.8) is 0 Å². The zero-order valence-corrected chi connectivity index (χ0v) is 10.3. The first kappa shape index (κ1) is 12.2. The molecule has 18 heavy (non-hydrogen) atoms. The van der Waals surface area contributed by atoms with Crippen LogP contribution in [-0.2, 0) is 6.54 Å². The Kier molecular flexibility index (Phi) is 3.63. The van der Waals surface area contributed by atoms with Gasteiger partial charge in [0.2, 0.25) is 0 Å². The van der Waals surface area contributed by atoms with Crippen molar-refractivity contribution in [1.29, 1.82) is 0 Å². The molecule has 7 heteroatoms. The minimum absolute atomic E-state index is 0.549. The minimum Gasteiger partial charge on any atom is -0.364 e. The van der Waals surface area contributed by atoms with E-state index in [1.807, 2.05) is 6.92 Å². The van der Waals surface area contributed by atoms with Crippen molar-refractivity contribution < 1.29 is 0 Å². The number of nitrogens with one attached hydrogen (secondary N) is 2. The van der Waals surface area contributed by atoms with Crippen molar-refractivity contribution in [1.82, 2.24) is 19.9 Å². The second-order valence-electron chi connectivity index (χ2n) is 3.83. The number of rotatable bonds is 4. The number of hydrazine groups is 1. The average molecular weight is 245 g/mol. The van der Waals surface area contributed by atoms with Crippen LogP contribution < -0.4 is 16.6 Å². The highest BCUT2D eigenvalue weighted by molar-refractivity contribution is 5.46. The predicted molar refractivity (Wildman–Crippen MR) is 68.7 cm³/mol. The molecule has 7 nitrogen and oxygen atoms in total. The quantitative estimate of drug-likeness (QED) is 0.540. The first-order valence-electron chi connectivity index (χ1n) is 5.51.